The second-order valence-corrected chi connectivity index (χ2v) is 8.69. The van der Waals surface area contributed by atoms with E-state index in [0.717, 1.165) is 34.3 Å². The topological polar surface area (TPSA) is 56.7 Å². The molecule has 152 valence electrons. The van der Waals surface area contributed by atoms with Crippen molar-refractivity contribution in [2.75, 3.05) is 5.73 Å². The van der Waals surface area contributed by atoms with Gasteiger partial charge in [0.1, 0.15) is 0 Å². The molecule has 0 fully saturated rings. The van der Waals surface area contributed by atoms with Crippen LogP contribution in [0.1, 0.15) is 16.7 Å². The fraction of sp³-hybridized carbons (Fsp3) is 0.0769. The Kier molecular flexibility index (Phi) is 5.18. The standard InChI is InChI=1S/C26H22N4S/c1-18-7-9-24(10-8-18)31-30-17-22(12-19-4-2-6-23(27)13-19)25-14-21(16-29-26(25)30)20-5-3-11-28-15-20/h2-11,13-17H,12,27H2,1H3. The molecule has 3 heterocycles. The molecule has 2 N–H and O–H groups in total. The molecule has 0 bridgehead atoms. The molecule has 2 aromatic carbocycles. The minimum atomic E-state index is 0.782. The van der Waals surface area contributed by atoms with E-state index in [4.69, 9.17) is 10.7 Å². The summed E-state index contributed by atoms with van der Waals surface area (Å²) in [7, 11) is 0. The number of hydrogen-bond donors (Lipinski definition) is 1. The monoisotopic (exact) mass is 422 g/mol. The van der Waals surface area contributed by atoms with Crippen molar-refractivity contribution in [2.24, 2.45) is 0 Å². The van der Waals surface area contributed by atoms with Crippen molar-refractivity contribution in [3.05, 3.63) is 108 Å². The van der Waals surface area contributed by atoms with Crippen molar-refractivity contribution in [3.63, 3.8) is 0 Å². The van der Waals surface area contributed by atoms with E-state index in [0.29, 0.717) is 0 Å². The maximum Gasteiger partial charge on any atom is 0.150 e. The van der Waals surface area contributed by atoms with E-state index in [1.807, 2.05) is 36.7 Å². The van der Waals surface area contributed by atoms with Crippen LogP contribution in [-0.2, 0) is 6.42 Å². The number of nitrogens with two attached hydrogens (primary N) is 1. The predicted octanol–water partition coefficient (Wildman–Crippen LogP) is 6.14. The lowest BCUT2D eigenvalue weighted by molar-refractivity contribution is 1.18. The van der Waals surface area contributed by atoms with Gasteiger partial charge in [0.15, 0.2) is 5.65 Å². The van der Waals surface area contributed by atoms with Crippen LogP contribution < -0.4 is 5.73 Å². The highest BCUT2D eigenvalue weighted by molar-refractivity contribution is 7.98. The highest BCUT2D eigenvalue weighted by Crippen LogP contribution is 2.32. The van der Waals surface area contributed by atoms with Gasteiger partial charge in [0.2, 0.25) is 0 Å². The first-order valence-corrected chi connectivity index (χ1v) is 10.9. The molecular formula is C26H22N4S. The van der Waals surface area contributed by atoms with E-state index in [2.05, 4.69) is 64.5 Å². The zero-order chi connectivity index (χ0) is 21.2. The number of pyridine rings is 2. The zero-order valence-corrected chi connectivity index (χ0v) is 18.0. The molecular weight excluding hydrogens is 400 g/mol. The van der Waals surface area contributed by atoms with Gasteiger partial charge in [0.25, 0.3) is 0 Å². The summed E-state index contributed by atoms with van der Waals surface area (Å²) in [6.07, 6.45) is 8.57. The number of rotatable bonds is 5. The van der Waals surface area contributed by atoms with E-state index in [9.17, 15) is 0 Å². The van der Waals surface area contributed by atoms with Crippen LogP contribution in [0.4, 0.5) is 5.69 Å². The summed E-state index contributed by atoms with van der Waals surface area (Å²) in [5.41, 5.74) is 13.5. The summed E-state index contributed by atoms with van der Waals surface area (Å²) >= 11 is 1.68. The molecule has 0 aliphatic heterocycles. The quantitative estimate of drug-likeness (QED) is 0.346. The zero-order valence-electron chi connectivity index (χ0n) is 17.2. The minimum absolute atomic E-state index is 0.782. The molecule has 0 aliphatic rings. The van der Waals surface area contributed by atoms with Crippen LogP contribution in [0.2, 0.25) is 0 Å². The summed E-state index contributed by atoms with van der Waals surface area (Å²) in [5.74, 6) is 0. The Bertz CT molecular complexity index is 1340. The van der Waals surface area contributed by atoms with Gasteiger partial charge in [-0.15, -0.1) is 0 Å². The number of aryl methyl sites for hydroxylation is 1. The maximum absolute atomic E-state index is 6.02. The fourth-order valence-corrected chi connectivity index (χ4v) is 4.58. The summed E-state index contributed by atoms with van der Waals surface area (Å²) in [4.78, 5) is 10.3. The number of anilines is 1. The molecule has 0 saturated heterocycles. The Morgan fingerprint density at radius 2 is 1.81 bits per heavy atom. The normalized spacial score (nSPS) is 11.1. The Morgan fingerprint density at radius 1 is 0.935 bits per heavy atom. The molecule has 5 aromatic rings. The highest BCUT2D eigenvalue weighted by atomic mass is 32.2. The number of fused-ring (bicyclic) bond motifs is 1. The Labute approximate surface area is 185 Å². The predicted molar refractivity (Wildman–Crippen MR) is 129 cm³/mol. The molecule has 0 amide bonds. The molecule has 0 aliphatic carbocycles. The smallest absolute Gasteiger partial charge is 0.150 e. The molecule has 31 heavy (non-hydrogen) atoms. The van der Waals surface area contributed by atoms with Crippen LogP contribution in [0.3, 0.4) is 0 Å². The first-order valence-electron chi connectivity index (χ1n) is 10.2. The summed E-state index contributed by atoms with van der Waals surface area (Å²) < 4.78 is 2.16. The Morgan fingerprint density at radius 3 is 2.58 bits per heavy atom. The number of aromatic nitrogens is 3. The van der Waals surface area contributed by atoms with Crippen LogP contribution in [0, 0.1) is 6.92 Å². The van der Waals surface area contributed by atoms with Gasteiger partial charge in [-0.3, -0.25) is 8.96 Å². The fourth-order valence-electron chi connectivity index (χ4n) is 3.68. The van der Waals surface area contributed by atoms with Crippen LogP contribution >= 0.6 is 11.9 Å². The van der Waals surface area contributed by atoms with Gasteiger partial charge in [-0.25, -0.2) is 4.98 Å². The molecule has 4 nitrogen and oxygen atoms in total. The molecule has 0 spiro atoms. The van der Waals surface area contributed by atoms with Gasteiger partial charge in [-0.05, 0) is 72.8 Å². The largest absolute Gasteiger partial charge is 0.399 e. The molecule has 5 heteroatoms. The van der Waals surface area contributed by atoms with Crippen molar-refractivity contribution >= 4 is 28.7 Å². The molecule has 0 radical (unpaired) electrons. The average Bonchev–Trinajstić information content (AvgIpc) is 3.12. The Balaban J connectivity index is 1.60. The van der Waals surface area contributed by atoms with Crippen molar-refractivity contribution in [2.45, 2.75) is 18.2 Å². The van der Waals surface area contributed by atoms with Gasteiger partial charge >= 0.3 is 0 Å². The number of nitrogen functional groups attached to an aromatic ring is 1. The van der Waals surface area contributed by atoms with E-state index in [1.165, 1.54) is 21.6 Å². The average molecular weight is 423 g/mol. The van der Waals surface area contributed by atoms with Crippen LogP contribution in [0.25, 0.3) is 22.2 Å². The highest BCUT2D eigenvalue weighted by Gasteiger charge is 2.13. The minimum Gasteiger partial charge on any atom is -0.399 e. The summed E-state index contributed by atoms with van der Waals surface area (Å²) in [6.45, 7) is 2.10. The lowest BCUT2D eigenvalue weighted by Crippen LogP contribution is -1.90. The summed E-state index contributed by atoms with van der Waals surface area (Å²) in [5, 5.41) is 1.14. The van der Waals surface area contributed by atoms with Gasteiger partial charge in [0, 0.05) is 51.9 Å². The SMILES string of the molecule is Cc1ccc(Sn2cc(Cc3cccc(N)c3)c3cc(-c4cccnc4)cnc32)cc1. The molecule has 0 saturated carbocycles. The molecule has 0 atom stereocenters. The number of hydrogen-bond acceptors (Lipinski definition) is 4. The third kappa shape index (κ3) is 4.18. The first kappa shape index (κ1) is 19.4. The van der Waals surface area contributed by atoms with Crippen LogP contribution in [0.5, 0.6) is 0 Å². The maximum atomic E-state index is 6.02. The third-order valence-electron chi connectivity index (χ3n) is 5.26. The van der Waals surface area contributed by atoms with Gasteiger partial charge in [0.05, 0.1) is 0 Å². The van der Waals surface area contributed by atoms with Crippen molar-refractivity contribution in [1.82, 2.24) is 13.9 Å². The van der Waals surface area contributed by atoms with Crippen molar-refractivity contribution in [1.29, 1.82) is 0 Å². The van der Waals surface area contributed by atoms with E-state index >= 15 is 0 Å². The third-order valence-corrected chi connectivity index (χ3v) is 6.22. The number of benzene rings is 2. The second kappa shape index (κ2) is 8.28. The lowest BCUT2D eigenvalue weighted by Gasteiger charge is -2.05. The molecule has 0 unspecified atom stereocenters. The Hall–Kier alpha value is -3.57. The van der Waals surface area contributed by atoms with Crippen molar-refractivity contribution < 1.29 is 0 Å². The van der Waals surface area contributed by atoms with E-state index in [1.54, 1.807) is 18.1 Å². The van der Waals surface area contributed by atoms with E-state index < -0.39 is 0 Å². The van der Waals surface area contributed by atoms with Gasteiger partial charge < -0.3 is 5.73 Å². The first-order chi connectivity index (χ1) is 15.2. The molecule has 3 aromatic heterocycles. The molecule has 5 rings (SSSR count). The van der Waals surface area contributed by atoms with Gasteiger partial charge in [-0.1, -0.05) is 35.9 Å². The lowest BCUT2D eigenvalue weighted by atomic mass is 10.0. The van der Waals surface area contributed by atoms with Gasteiger partial charge in [-0.2, -0.15) is 0 Å². The van der Waals surface area contributed by atoms with Crippen LogP contribution in [-0.4, -0.2) is 13.9 Å². The van der Waals surface area contributed by atoms with E-state index in [-0.39, 0.29) is 0 Å². The summed E-state index contributed by atoms with van der Waals surface area (Å²) in [6, 6.07) is 22.9. The van der Waals surface area contributed by atoms with Crippen molar-refractivity contribution in [3.8, 4) is 11.1 Å². The van der Waals surface area contributed by atoms with Crippen LogP contribution in [0.15, 0.2) is 96.4 Å². The second-order valence-electron chi connectivity index (χ2n) is 7.64. The number of nitrogens with zero attached hydrogens (tertiary/aromatic N) is 3.